The van der Waals surface area contributed by atoms with Crippen LogP contribution in [0.4, 0.5) is 0 Å². The molecule has 1 aromatic carbocycles. The summed E-state index contributed by atoms with van der Waals surface area (Å²) in [5.74, 6) is 1.48. The number of ether oxygens (including phenoxy) is 3. The Kier molecular flexibility index (Phi) is 5.71. The van der Waals surface area contributed by atoms with Gasteiger partial charge in [-0.3, -0.25) is 9.69 Å². The number of hydrogen-bond donors (Lipinski definition) is 0. The highest BCUT2D eigenvalue weighted by Crippen LogP contribution is 2.38. The van der Waals surface area contributed by atoms with Gasteiger partial charge in [0, 0.05) is 37.8 Å². The summed E-state index contributed by atoms with van der Waals surface area (Å²) in [5, 5.41) is 0. The normalized spacial score (nSPS) is 15.7. The summed E-state index contributed by atoms with van der Waals surface area (Å²) in [5.41, 5.74) is 0.553. The van der Waals surface area contributed by atoms with Crippen molar-refractivity contribution in [2.75, 3.05) is 47.5 Å². The van der Waals surface area contributed by atoms with Crippen LogP contribution in [0.15, 0.2) is 12.1 Å². The molecule has 0 N–H and O–H groups in total. The van der Waals surface area contributed by atoms with E-state index in [2.05, 4.69) is 18.7 Å². The highest BCUT2D eigenvalue weighted by molar-refractivity contribution is 5.95. The fraction of sp³-hybridized carbons (Fsp3) is 0.588. The molecule has 128 valence electrons. The van der Waals surface area contributed by atoms with E-state index in [1.54, 1.807) is 33.5 Å². The van der Waals surface area contributed by atoms with Crippen LogP contribution in [0.5, 0.6) is 17.2 Å². The highest BCUT2D eigenvalue weighted by Gasteiger charge is 2.25. The van der Waals surface area contributed by atoms with E-state index >= 15 is 0 Å². The van der Waals surface area contributed by atoms with Gasteiger partial charge in [0.05, 0.1) is 21.3 Å². The second-order valence-electron chi connectivity index (χ2n) is 5.84. The highest BCUT2D eigenvalue weighted by atomic mass is 16.5. The van der Waals surface area contributed by atoms with Gasteiger partial charge >= 0.3 is 0 Å². The third-order valence-corrected chi connectivity index (χ3v) is 4.24. The molecule has 6 nitrogen and oxygen atoms in total. The van der Waals surface area contributed by atoms with E-state index in [4.69, 9.17) is 14.2 Å². The molecule has 0 aliphatic carbocycles. The SMILES string of the molecule is COc1cc(C(=O)N2CCN(C(C)C)CC2)cc(OC)c1OC. The van der Waals surface area contributed by atoms with Gasteiger partial charge < -0.3 is 19.1 Å². The molecule has 0 atom stereocenters. The monoisotopic (exact) mass is 322 g/mol. The van der Waals surface area contributed by atoms with Crippen LogP contribution in [0.1, 0.15) is 24.2 Å². The van der Waals surface area contributed by atoms with Gasteiger partial charge in [-0.05, 0) is 26.0 Å². The van der Waals surface area contributed by atoms with Crippen molar-refractivity contribution in [3.63, 3.8) is 0 Å². The summed E-state index contributed by atoms with van der Waals surface area (Å²) in [4.78, 5) is 17.0. The molecule has 1 aliphatic heterocycles. The molecule has 1 fully saturated rings. The third kappa shape index (κ3) is 3.69. The minimum atomic E-state index is -0.00680. The second kappa shape index (κ2) is 7.55. The summed E-state index contributed by atoms with van der Waals surface area (Å²) in [6, 6.07) is 3.92. The van der Waals surface area contributed by atoms with Crippen molar-refractivity contribution in [2.45, 2.75) is 19.9 Å². The lowest BCUT2D eigenvalue weighted by molar-refractivity contribution is 0.0594. The largest absolute Gasteiger partial charge is 0.493 e. The molecular formula is C17H26N2O4. The molecule has 1 heterocycles. The van der Waals surface area contributed by atoms with Gasteiger partial charge in [0.25, 0.3) is 5.91 Å². The van der Waals surface area contributed by atoms with E-state index in [1.165, 1.54) is 0 Å². The number of piperazine rings is 1. The fourth-order valence-corrected chi connectivity index (χ4v) is 2.83. The van der Waals surface area contributed by atoms with E-state index in [1.807, 2.05) is 4.90 Å². The van der Waals surface area contributed by atoms with Gasteiger partial charge in [0.1, 0.15) is 0 Å². The van der Waals surface area contributed by atoms with Crippen LogP contribution in [-0.4, -0.2) is 69.3 Å². The van der Waals surface area contributed by atoms with Crippen molar-refractivity contribution in [1.29, 1.82) is 0 Å². The summed E-state index contributed by atoms with van der Waals surface area (Å²) in [6.45, 7) is 7.61. The maximum Gasteiger partial charge on any atom is 0.254 e. The number of hydrogen-bond acceptors (Lipinski definition) is 5. The van der Waals surface area contributed by atoms with Crippen molar-refractivity contribution in [2.24, 2.45) is 0 Å². The first-order valence-electron chi connectivity index (χ1n) is 7.85. The zero-order valence-electron chi connectivity index (χ0n) is 14.6. The number of benzene rings is 1. The van der Waals surface area contributed by atoms with Gasteiger partial charge in [0.15, 0.2) is 11.5 Å². The lowest BCUT2D eigenvalue weighted by Crippen LogP contribution is -2.50. The smallest absolute Gasteiger partial charge is 0.254 e. The molecule has 1 aromatic rings. The minimum Gasteiger partial charge on any atom is -0.493 e. The Morgan fingerprint density at radius 2 is 1.48 bits per heavy atom. The van der Waals surface area contributed by atoms with Crippen molar-refractivity contribution < 1.29 is 19.0 Å². The summed E-state index contributed by atoms with van der Waals surface area (Å²) >= 11 is 0. The Morgan fingerprint density at radius 1 is 0.957 bits per heavy atom. The number of methoxy groups -OCH3 is 3. The van der Waals surface area contributed by atoms with Crippen LogP contribution in [-0.2, 0) is 0 Å². The van der Waals surface area contributed by atoms with Gasteiger partial charge in [0.2, 0.25) is 5.75 Å². The van der Waals surface area contributed by atoms with Crippen molar-refractivity contribution >= 4 is 5.91 Å². The van der Waals surface area contributed by atoms with Crippen LogP contribution in [0.25, 0.3) is 0 Å². The topological polar surface area (TPSA) is 51.2 Å². The number of nitrogens with zero attached hydrogens (tertiary/aromatic N) is 2. The summed E-state index contributed by atoms with van der Waals surface area (Å²) < 4.78 is 15.9. The van der Waals surface area contributed by atoms with Crippen LogP contribution in [0.2, 0.25) is 0 Å². The fourth-order valence-electron chi connectivity index (χ4n) is 2.83. The average molecular weight is 322 g/mol. The number of carbonyl (C=O) groups excluding carboxylic acids is 1. The van der Waals surface area contributed by atoms with E-state index in [0.717, 1.165) is 26.2 Å². The van der Waals surface area contributed by atoms with Gasteiger partial charge in [-0.1, -0.05) is 0 Å². The molecule has 0 saturated carbocycles. The Labute approximate surface area is 137 Å². The molecule has 1 amide bonds. The molecule has 1 aliphatic rings. The predicted octanol–water partition coefficient (Wildman–Crippen LogP) is 1.88. The van der Waals surface area contributed by atoms with E-state index in [0.29, 0.717) is 28.9 Å². The standard InChI is InChI=1S/C17H26N2O4/c1-12(2)18-6-8-19(9-7-18)17(20)13-10-14(21-3)16(23-5)15(11-13)22-4/h10-12H,6-9H2,1-5H3. The lowest BCUT2D eigenvalue weighted by Gasteiger charge is -2.37. The third-order valence-electron chi connectivity index (χ3n) is 4.24. The zero-order chi connectivity index (χ0) is 17.0. The predicted molar refractivity (Wildman–Crippen MR) is 88.7 cm³/mol. The average Bonchev–Trinajstić information content (AvgIpc) is 2.59. The number of carbonyl (C=O) groups is 1. The molecule has 0 bridgehead atoms. The van der Waals surface area contributed by atoms with Gasteiger partial charge in [-0.2, -0.15) is 0 Å². The maximum absolute atomic E-state index is 12.8. The molecular weight excluding hydrogens is 296 g/mol. The number of rotatable bonds is 5. The Balaban J connectivity index is 2.20. The van der Waals surface area contributed by atoms with E-state index in [-0.39, 0.29) is 5.91 Å². The van der Waals surface area contributed by atoms with Gasteiger partial charge in [-0.15, -0.1) is 0 Å². The molecule has 6 heteroatoms. The van der Waals surface area contributed by atoms with E-state index < -0.39 is 0 Å². The molecule has 0 spiro atoms. The van der Waals surface area contributed by atoms with Crippen molar-refractivity contribution in [3.05, 3.63) is 17.7 Å². The molecule has 0 radical (unpaired) electrons. The molecule has 0 unspecified atom stereocenters. The first-order chi connectivity index (χ1) is 11.0. The molecule has 0 aromatic heterocycles. The van der Waals surface area contributed by atoms with Crippen LogP contribution < -0.4 is 14.2 Å². The number of amides is 1. The Morgan fingerprint density at radius 3 is 1.87 bits per heavy atom. The van der Waals surface area contributed by atoms with Crippen LogP contribution >= 0.6 is 0 Å². The molecule has 23 heavy (non-hydrogen) atoms. The van der Waals surface area contributed by atoms with Gasteiger partial charge in [-0.25, -0.2) is 0 Å². The van der Waals surface area contributed by atoms with Crippen molar-refractivity contribution in [3.8, 4) is 17.2 Å². The Bertz CT molecular complexity index is 527. The minimum absolute atomic E-state index is 0.00680. The van der Waals surface area contributed by atoms with Crippen LogP contribution in [0.3, 0.4) is 0 Å². The first kappa shape index (κ1) is 17.4. The first-order valence-corrected chi connectivity index (χ1v) is 7.85. The maximum atomic E-state index is 12.8. The zero-order valence-corrected chi connectivity index (χ0v) is 14.6. The second-order valence-corrected chi connectivity index (χ2v) is 5.84. The van der Waals surface area contributed by atoms with Crippen LogP contribution in [0, 0.1) is 0 Å². The van der Waals surface area contributed by atoms with Crippen molar-refractivity contribution in [1.82, 2.24) is 9.80 Å². The summed E-state index contributed by atoms with van der Waals surface area (Å²) in [6.07, 6.45) is 0. The summed E-state index contributed by atoms with van der Waals surface area (Å²) in [7, 11) is 4.65. The van der Waals surface area contributed by atoms with E-state index in [9.17, 15) is 4.79 Å². The molecule has 2 rings (SSSR count). The Hall–Kier alpha value is -1.95. The quantitative estimate of drug-likeness (QED) is 0.828. The molecule has 1 saturated heterocycles. The lowest BCUT2D eigenvalue weighted by atomic mass is 10.1.